The van der Waals surface area contributed by atoms with Crippen LogP contribution in [-0.4, -0.2) is 10.9 Å². The number of carbonyl (C=O) groups is 1. The molecular weight excluding hydrogens is 152 g/mol. The van der Waals surface area contributed by atoms with Crippen molar-refractivity contribution in [3.63, 3.8) is 0 Å². The molecule has 1 heterocycles. The lowest BCUT2D eigenvalue weighted by molar-refractivity contribution is 0.0998. The Kier molecular flexibility index (Phi) is 2.43. The monoisotopic (exact) mass is 164 g/mol. The molecule has 0 aliphatic rings. The van der Waals surface area contributed by atoms with Crippen molar-refractivity contribution in [3.05, 3.63) is 29.1 Å². The van der Waals surface area contributed by atoms with Gasteiger partial charge in [0.05, 0.1) is 11.3 Å². The largest absolute Gasteiger partial charge is 0.366 e. The summed E-state index contributed by atoms with van der Waals surface area (Å²) in [5, 5.41) is 0. The number of aromatic nitrogens is 1. The quantitative estimate of drug-likeness (QED) is 0.710. The van der Waals surface area contributed by atoms with Gasteiger partial charge < -0.3 is 5.73 Å². The zero-order chi connectivity index (χ0) is 9.14. The first-order valence-corrected chi connectivity index (χ1v) is 3.91. The van der Waals surface area contributed by atoms with Crippen molar-refractivity contribution in [2.75, 3.05) is 0 Å². The number of nitrogens with zero attached hydrogens (tertiary/aromatic N) is 1. The normalized spacial score (nSPS) is 9.83. The Balaban J connectivity index is 3.29. The van der Waals surface area contributed by atoms with E-state index >= 15 is 0 Å². The summed E-state index contributed by atoms with van der Waals surface area (Å²) in [6, 6.07) is 1.79. The summed E-state index contributed by atoms with van der Waals surface area (Å²) in [5.74, 6) is -0.391. The molecule has 12 heavy (non-hydrogen) atoms. The number of hydrogen-bond donors (Lipinski definition) is 1. The lowest BCUT2D eigenvalue weighted by Gasteiger charge is -2.05. The van der Waals surface area contributed by atoms with Gasteiger partial charge in [0.15, 0.2) is 0 Å². The summed E-state index contributed by atoms with van der Waals surface area (Å²) in [5.41, 5.74) is 7.46. The number of hydrogen-bond acceptors (Lipinski definition) is 2. The molecule has 1 rings (SSSR count). The van der Waals surface area contributed by atoms with E-state index in [1.165, 1.54) is 0 Å². The van der Waals surface area contributed by atoms with E-state index in [1.807, 2.05) is 13.8 Å². The van der Waals surface area contributed by atoms with Crippen LogP contribution in [0.4, 0.5) is 0 Å². The van der Waals surface area contributed by atoms with Gasteiger partial charge in [-0.05, 0) is 25.0 Å². The Morgan fingerprint density at radius 1 is 1.67 bits per heavy atom. The van der Waals surface area contributed by atoms with Gasteiger partial charge >= 0.3 is 0 Å². The second-order valence-corrected chi connectivity index (χ2v) is 2.67. The summed E-state index contributed by atoms with van der Waals surface area (Å²) in [6.45, 7) is 3.81. The maximum atomic E-state index is 11.0. The summed E-state index contributed by atoms with van der Waals surface area (Å²) in [7, 11) is 0. The molecule has 0 bridgehead atoms. The molecule has 2 N–H and O–H groups in total. The molecule has 64 valence electrons. The van der Waals surface area contributed by atoms with Gasteiger partial charge in [0.2, 0.25) is 0 Å². The highest BCUT2D eigenvalue weighted by atomic mass is 16.1. The summed E-state index contributed by atoms with van der Waals surface area (Å²) < 4.78 is 0. The molecule has 3 nitrogen and oxygen atoms in total. The fourth-order valence-electron chi connectivity index (χ4n) is 1.22. The van der Waals surface area contributed by atoms with Crippen LogP contribution in [0.2, 0.25) is 0 Å². The Hall–Kier alpha value is -1.38. The molecule has 0 aliphatic carbocycles. The van der Waals surface area contributed by atoms with Gasteiger partial charge in [-0.2, -0.15) is 0 Å². The number of rotatable bonds is 2. The first-order chi connectivity index (χ1) is 5.66. The minimum Gasteiger partial charge on any atom is -0.366 e. The van der Waals surface area contributed by atoms with E-state index in [0.29, 0.717) is 5.56 Å². The van der Waals surface area contributed by atoms with Crippen LogP contribution in [0.1, 0.15) is 28.5 Å². The predicted molar refractivity (Wildman–Crippen MR) is 46.9 cm³/mol. The minimum absolute atomic E-state index is 0.391. The van der Waals surface area contributed by atoms with Crippen molar-refractivity contribution in [1.82, 2.24) is 4.98 Å². The smallest absolute Gasteiger partial charge is 0.250 e. The Labute approximate surface area is 71.6 Å². The Morgan fingerprint density at radius 3 is 2.75 bits per heavy atom. The van der Waals surface area contributed by atoms with Gasteiger partial charge in [0.1, 0.15) is 0 Å². The molecular formula is C9H12N2O. The average Bonchev–Trinajstić information content (AvgIpc) is 2.03. The first-order valence-electron chi connectivity index (χ1n) is 3.91. The highest BCUT2D eigenvalue weighted by molar-refractivity contribution is 5.95. The molecule has 0 unspecified atom stereocenters. The maximum Gasteiger partial charge on any atom is 0.250 e. The number of carbonyl (C=O) groups excluding carboxylic acids is 1. The molecule has 0 radical (unpaired) electrons. The average molecular weight is 164 g/mol. The molecule has 0 spiro atoms. The third kappa shape index (κ3) is 1.44. The fraction of sp³-hybridized carbons (Fsp3) is 0.333. The van der Waals surface area contributed by atoms with E-state index in [4.69, 9.17) is 5.73 Å². The van der Waals surface area contributed by atoms with Crippen molar-refractivity contribution in [1.29, 1.82) is 0 Å². The van der Waals surface area contributed by atoms with Gasteiger partial charge in [0, 0.05) is 6.20 Å². The van der Waals surface area contributed by atoms with Gasteiger partial charge in [-0.1, -0.05) is 6.92 Å². The standard InChI is InChI=1S/C9H12N2O/c1-3-7-8(9(10)12)6(2)4-5-11-7/h4-5H,3H2,1-2H3,(H2,10,12). The molecule has 0 aliphatic heterocycles. The van der Waals surface area contributed by atoms with Gasteiger partial charge in [-0.25, -0.2) is 0 Å². The van der Waals surface area contributed by atoms with Crippen LogP contribution in [0.15, 0.2) is 12.3 Å². The zero-order valence-electron chi connectivity index (χ0n) is 7.29. The van der Waals surface area contributed by atoms with E-state index in [9.17, 15) is 4.79 Å². The number of primary amides is 1. The Morgan fingerprint density at radius 2 is 2.33 bits per heavy atom. The van der Waals surface area contributed by atoms with Crippen LogP contribution in [0.5, 0.6) is 0 Å². The van der Waals surface area contributed by atoms with Crippen molar-refractivity contribution < 1.29 is 4.79 Å². The summed E-state index contributed by atoms with van der Waals surface area (Å²) in [6.07, 6.45) is 2.43. The molecule has 0 aromatic carbocycles. The third-order valence-corrected chi connectivity index (χ3v) is 1.82. The van der Waals surface area contributed by atoms with Crippen LogP contribution in [0, 0.1) is 6.92 Å². The van der Waals surface area contributed by atoms with Crippen molar-refractivity contribution in [2.45, 2.75) is 20.3 Å². The fourth-order valence-corrected chi connectivity index (χ4v) is 1.22. The van der Waals surface area contributed by atoms with E-state index in [0.717, 1.165) is 17.7 Å². The second kappa shape index (κ2) is 3.34. The van der Waals surface area contributed by atoms with E-state index in [2.05, 4.69) is 4.98 Å². The van der Waals surface area contributed by atoms with Crippen LogP contribution >= 0.6 is 0 Å². The summed E-state index contributed by atoms with van der Waals surface area (Å²) >= 11 is 0. The highest BCUT2D eigenvalue weighted by Gasteiger charge is 2.09. The van der Waals surface area contributed by atoms with E-state index < -0.39 is 5.91 Å². The van der Waals surface area contributed by atoms with Crippen LogP contribution in [-0.2, 0) is 6.42 Å². The molecule has 0 saturated carbocycles. The highest BCUT2D eigenvalue weighted by Crippen LogP contribution is 2.10. The van der Waals surface area contributed by atoms with Crippen LogP contribution in [0.3, 0.4) is 0 Å². The van der Waals surface area contributed by atoms with Gasteiger partial charge in [-0.3, -0.25) is 9.78 Å². The zero-order valence-corrected chi connectivity index (χ0v) is 7.29. The van der Waals surface area contributed by atoms with Crippen molar-refractivity contribution in [3.8, 4) is 0 Å². The van der Waals surface area contributed by atoms with Crippen LogP contribution in [0.25, 0.3) is 0 Å². The van der Waals surface area contributed by atoms with Crippen molar-refractivity contribution >= 4 is 5.91 Å². The van der Waals surface area contributed by atoms with E-state index in [1.54, 1.807) is 12.3 Å². The SMILES string of the molecule is CCc1nccc(C)c1C(N)=O. The molecule has 0 saturated heterocycles. The third-order valence-electron chi connectivity index (χ3n) is 1.82. The maximum absolute atomic E-state index is 11.0. The van der Waals surface area contributed by atoms with Crippen LogP contribution < -0.4 is 5.73 Å². The minimum atomic E-state index is -0.391. The second-order valence-electron chi connectivity index (χ2n) is 2.67. The molecule has 0 fully saturated rings. The number of aryl methyl sites for hydroxylation is 2. The molecule has 3 heteroatoms. The van der Waals surface area contributed by atoms with Gasteiger partial charge in [-0.15, -0.1) is 0 Å². The van der Waals surface area contributed by atoms with Gasteiger partial charge in [0.25, 0.3) is 5.91 Å². The topological polar surface area (TPSA) is 56.0 Å². The number of amides is 1. The van der Waals surface area contributed by atoms with E-state index in [-0.39, 0.29) is 0 Å². The van der Waals surface area contributed by atoms with Crippen molar-refractivity contribution in [2.24, 2.45) is 5.73 Å². The molecule has 1 aromatic rings. The molecule has 1 aromatic heterocycles. The number of pyridine rings is 1. The number of nitrogens with two attached hydrogens (primary N) is 1. The molecule has 0 atom stereocenters. The lowest BCUT2D eigenvalue weighted by Crippen LogP contribution is -2.16. The lowest BCUT2D eigenvalue weighted by atomic mass is 10.1. The molecule has 1 amide bonds. The summed E-state index contributed by atoms with van der Waals surface area (Å²) in [4.78, 5) is 15.1. The first kappa shape index (κ1) is 8.71. The Bertz CT molecular complexity index is 307. The predicted octanol–water partition coefficient (Wildman–Crippen LogP) is 1.05.